The number of aromatic nitrogens is 2. The Morgan fingerprint density at radius 1 is 1.14 bits per heavy atom. The van der Waals surface area contributed by atoms with E-state index in [2.05, 4.69) is 27.6 Å². The van der Waals surface area contributed by atoms with Gasteiger partial charge in [0.15, 0.2) is 5.82 Å². The predicted molar refractivity (Wildman–Crippen MR) is 93.3 cm³/mol. The molecular formula is C14H7Cl3FIN2. The molecule has 0 atom stereocenters. The molecule has 2 nitrogen and oxygen atoms in total. The summed E-state index contributed by atoms with van der Waals surface area (Å²) >= 11 is 20.0. The molecule has 0 aliphatic rings. The first kappa shape index (κ1) is 15.3. The second kappa shape index (κ2) is 5.91. The van der Waals surface area contributed by atoms with E-state index in [0.29, 0.717) is 11.5 Å². The van der Waals surface area contributed by atoms with Crippen LogP contribution in [-0.2, 0) is 5.88 Å². The van der Waals surface area contributed by atoms with Gasteiger partial charge in [-0.3, -0.25) is 4.57 Å². The Balaban J connectivity index is 2.33. The molecule has 21 heavy (non-hydrogen) atoms. The summed E-state index contributed by atoms with van der Waals surface area (Å²) in [6, 6.07) is 8.88. The van der Waals surface area contributed by atoms with Crippen LogP contribution >= 0.6 is 57.4 Å². The van der Waals surface area contributed by atoms with Gasteiger partial charge < -0.3 is 0 Å². The number of halogens is 5. The number of alkyl halides is 1. The van der Waals surface area contributed by atoms with Crippen molar-refractivity contribution in [3.05, 3.63) is 55.6 Å². The van der Waals surface area contributed by atoms with Crippen molar-refractivity contribution >= 4 is 68.4 Å². The number of hydrogen-bond donors (Lipinski definition) is 0. The first-order chi connectivity index (χ1) is 10.0. The van der Waals surface area contributed by atoms with Gasteiger partial charge in [0.2, 0.25) is 0 Å². The Kier molecular flexibility index (Phi) is 4.32. The zero-order valence-electron chi connectivity index (χ0n) is 10.4. The number of benzene rings is 2. The fraction of sp³-hybridized carbons (Fsp3) is 0.0714. The minimum Gasteiger partial charge on any atom is -0.295 e. The summed E-state index contributed by atoms with van der Waals surface area (Å²) in [6.45, 7) is 0. The Morgan fingerprint density at radius 2 is 1.81 bits per heavy atom. The monoisotopic (exact) mass is 454 g/mol. The van der Waals surface area contributed by atoms with E-state index in [1.165, 1.54) is 12.1 Å². The SMILES string of the molecule is Fc1c(Cl)cc(-n2c(CCl)nc3cc(I)ccc32)cc1Cl. The Hall–Kier alpha value is -0.560. The van der Waals surface area contributed by atoms with Gasteiger partial charge in [0, 0.05) is 3.57 Å². The average Bonchev–Trinajstić information content (AvgIpc) is 2.81. The fourth-order valence-corrected chi connectivity index (χ4v) is 3.28. The maximum atomic E-state index is 13.6. The van der Waals surface area contributed by atoms with E-state index in [9.17, 15) is 4.39 Å². The molecule has 0 spiro atoms. The quantitative estimate of drug-likeness (QED) is 0.271. The van der Waals surface area contributed by atoms with Gasteiger partial charge in [0.25, 0.3) is 0 Å². The van der Waals surface area contributed by atoms with Crippen molar-refractivity contribution in [1.82, 2.24) is 9.55 Å². The van der Waals surface area contributed by atoms with Crippen molar-refractivity contribution in [3.63, 3.8) is 0 Å². The summed E-state index contributed by atoms with van der Waals surface area (Å²) in [5, 5.41) is -0.0734. The molecule has 3 aromatic rings. The molecule has 0 amide bonds. The molecule has 1 heterocycles. The molecule has 2 aromatic carbocycles. The second-order valence-electron chi connectivity index (χ2n) is 4.35. The highest BCUT2D eigenvalue weighted by atomic mass is 127. The predicted octanol–water partition coefficient (Wildman–Crippen LogP) is 5.81. The molecule has 108 valence electrons. The first-order valence-electron chi connectivity index (χ1n) is 5.89. The van der Waals surface area contributed by atoms with Gasteiger partial charge in [-0.25, -0.2) is 9.37 Å². The van der Waals surface area contributed by atoms with Crippen LogP contribution in [0.25, 0.3) is 16.7 Å². The molecular weight excluding hydrogens is 448 g/mol. The van der Waals surface area contributed by atoms with Crippen LogP contribution in [0.15, 0.2) is 30.3 Å². The molecule has 0 aliphatic carbocycles. The largest absolute Gasteiger partial charge is 0.295 e. The number of nitrogens with zero attached hydrogens (tertiary/aromatic N) is 2. The minimum atomic E-state index is -0.631. The van der Waals surface area contributed by atoms with Gasteiger partial charge in [-0.05, 0) is 52.9 Å². The summed E-state index contributed by atoms with van der Waals surface area (Å²) < 4.78 is 16.5. The smallest absolute Gasteiger partial charge is 0.160 e. The lowest BCUT2D eigenvalue weighted by molar-refractivity contribution is 0.628. The molecule has 0 fully saturated rings. The van der Waals surface area contributed by atoms with E-state index < -0.39 is 5.82 Å². The van der Waals surface area contributed by atoms with Gasteiger partial charge in [-0.15, -0.1) is 11.6 Å². The van der Waals surface area contributed by atoms with Crippen LogP contribution in [0.3, 0.4) is 0 Å². The van der Waals surface area contributed by atoms with Gasteiger partial charge >= 0.3 is 0 Å². The summed E-state index contributed by atoms with van der Waals surface area (Å²) in [7, 11) is 0. The van der Waals surface area contributed by atoms with Crippen LogP contribution in [0.1, 0.15) is 5.82 Å². The van der Waals surface area contributed by atoms with Crippen molar-refractivity contribution in [2.45, 2.75) is 5.88 Å². The highest BCUT2D eigenvalue weighted by Gasteiger charge is 2.15. The van der Waals surface area contributed by atoms with Crippen molar-refractivity contribution in [3.8, 4) is 5.69 Å². The zero-order valence-corrected chi connectivity index (χ0v) is 14.8. The molecule has 3 rings (SSSR count). The van der Waals surface area contributed by atoms with Crippen molar-refractivity contribution < 1.29 is 4.39 Å². The van der Waals surface area contributed by atoms with E-state index in [0.717, 1.165) is 14.6 Å². The second-order valence-corrected chi connectivity index (χ2v) is 6.68. The van der Waals surface area contributed by atoms with Crippen LogP contribution in [0.5, 0.6) is 0 Å². The van der Waals surface area contributed by atoms with E-state index in [-0.39, 0.29) is 15.9 Å². The molecule has 0 N–H and O–H groups in total. The van der Waals surface area contributed by atoms with Crippen LogP contribution in [-0.4, -0.2) is 9.55 Å². The Bertz CT molecular complexity index is 825. The lowest BCUT2D eigenvalue weighted by atomic mass is 10.2. The van der Waals surface area contributed by atoms with Crippen molar-refractivity contribution in [2.24, 2.45) is 0 Å². The van der Waals surface area contributed by atoms with Gasteiger partial charge in [0.05, 0.1) is 32.6 Å². The normalized spacial score (nSPS) is 11.3. The zero-order chi connectivity index (χ0) is 15.1. The van der Waals surface area contributed by atoms with Crippen molar-refractivity contribution in [2.75, 3.05) is 0 Å². The standard InChI is InChI=1S/C14H7Cl3FIN2/c15-6-13-20-11-3-7(19)1-2-12(11)21(13)8-4-9(16)14(18)10(17)5-8/h1-5H,6H2. The lowest BCUT2D eigenvalue weighted by Crippen LogP contribution is -2.00. The molecule has 0 radical (unpaired) electrons. The van der Waals surface area contributed by atoms with Crippen LogP contribution in [0.4, 0.5) is 4.39 Å². The molecule has 7 heteroatoms. The average molecular weight is 455 g/mol. The van der Waals surface area contributed by atoms with E-state index in [4.69, 9.17) is 34.8 Å². The summed E-state index contributed by atoms with van der Waals surface area (Å²) in [5.74, 6) is 0.235. The third-order valence-electron chi connectivity index (χ3n) is 3.03. The van der Waals surface area contributed by atoms with Gasteiger partial charge in [-0.1, -0.05) is 23.2 Å². The van der Waals surface area contributed by atoms with Crippen molar-refractivity contribution in [1.29, 1.82) is 0 Å². The molecule has 0 unspecified atom stereocenters. The third kappa shape index (κ3) is 2.74. The van der Waals surface area contributed by atoms with E-state index >= 15 is 0 Å². The molecule has 0 bridgehead atoms. The maximum Gasteiger partial charge on any atom is 0.160 e. The van der Waals surface area contributed by atoms with Crippen LogP contribution in [0, 0.1) is 9.39 Å². The molecule has 0 saturated carbocycles. The number of hydrogen-bond acceptors (Lipinski definition) is 1. The molecule has 0 saturated heterocycles. The number of imidazole rings is 1. The fourth-order valence-electron chi connectivity index (χ4n) is 2.15. The highest BCUT2D eigenvalue weighted by molar-refractivity contribution is 14.1. The lowest BCUT2D eigenvalue weighted by Gasteiger charge is -2.10. The van der Waals surface area contributed by atoms with E-state index in [1.807, 2.05) is 22.8 Å². The van der Waals surface area contributed by atoms with E-state index in [1.54, 1.807) is 0 Å². The van der Waals surface area contributed by atoms with Crippen LogP contribution in [0.2, 0.25) is 10.0 Å². The minimum absolute atomic E-state index is 0.0367. The number of rotatable bonds is 2. The summed E-state index contributed by atoms with van der Waals surface area (Å²) in [6.07, 6.45) is 0. The van der Waals surface area contributed by atoms with Gasteiger partial charge in [-0.2, -0.15) is 0 Å². The highest BCUT2D eigenvalue weighted by Crippen LogP contribution is 2.30. The molecule has 1 aromatic heterocycles. The Labute approximate surface area is 149 Å². The summed E-state index contributed by atoms with van der Waals surface area (Å²) in [4.78, 5) is 4.50. The number of fused-ring (bicyclic) bond motifs is 1. The summed E-state index contributed by atoms with van der Waals surface area (Å²) in [5.41, 5.74) is 2.31. The third-order valence-corrected chi connectivity index (χ3v) is 4.49. The Morgan fingerprint density at radius 3 is 2.43 bits per heavy atom. The maximum absolute atomic E-state index is 13.6. The first-order valence-corrected chi connectivity index (χ1v) is 8.26. The van der Waals surface area contributed by atoms with Gasteiger partial charge in [0.1, 0.15) is 5.82 Å². The molecule has 0 aliphatic heterocycles. The van der Waals surface area contributed by atoms with Crippen LogP contribution < -0.4 is 0 Å². The topological polar surface area (TPSA) is 17.8 Å².